The smallest absolute Gasteiger partial charge is 0.337 e. The fourth-order valence-corrected chi connectivity index (χ4v) is 2.50. The molecule has 2 N–H and O–H groups in total. The van der Waals surface area contributed by atoms with Gasteiger partial charge in [0.15, 0.2) is 0 Å². The summed E-state index contributed by atoms with van der Waals surface area (Å²) in [7, 11) is 3.21. The van der Waals surface area contributed by atoms with Crippen molar-refractivity contribution >= 4 is 11.5 Å². The molecule has 0 radical (unpaired) electrons. The van der Waals surface area contributed by atoms with E-state index in [2.05, 4.69) is 10.8 Å². The van der Waals surface area contributed by atoms with Crippen molar-refractivity contribution in [3.8, 4) is 5.69 Å². The third-order valence-electron chi connectivity index (χ3n) is 3.63. The van der Waals surface area contributed by atoms with Crippen molar-refractivity contribution < 1.29 is 4.84 Å². The maximum atomic E-state index is 12.8. The van der Waals surface area contributed by atoms with E-state index in [1.165, 1.54) is 17.7 Å². The molecule has 0 aliphatic heterocycles. The number of nitrogens with one attached hydrogen (secondary N) is 2. The molecule has 7 heteroatoms. The summed E-state index contributed by atoms with van der Waals surface area (Å²) in [6.45, 7) is 0. The van der Waals surface area contributed by atoms with Crippen molar-refractivity contribution in [3.63, 3.8) is 0 Å². The highest BCUT2D eigenvalue weighted by molar-refractivity contribution is 5.50. The first-order valence-electron chi connectivity index (χ1n) is 7.11. The predicted molar refractivity (Wildman–Crippen MR) is 84.7 cm³/mol. The third-order valence-corrected chi connectivity index (χ3v) is 3.63. The van der Waals surface area contributed by atoms with E-state index in [4.69, 9.17) is 4.84 Å². The van der Waals surface area contributed by atoms with Gasteiger partial charge in [0.2, 0.25) is 0 Å². The lowest BCUT2D eigenvalue weighted by Gasteiger charge is -2.15. The largest absolute Gasteiger partial charge is 0.374 e. The zero-order chi connectivity index (χ0) is 15.7. The molecule has 1 saturated carbocycles. The van der Waals surface area contributed by atoms with Crippen LogP contribution in [-0.4, -0.2) is 23.3 Å². The minimum Gasteiger partial charge on any atom is -0.374 e. The van der Waals surface area contributed by atoms with Gasteiger partial charge in [0.25, 0.3) is 5.56 Å². The van der Waals surface area contributed by atoms with Gasteiger partial charge in [-0.2, -0.15) is 0 Å². The van der Waals surface area contributed by atoms with Crippen LogP contribution in [0.3, 0.4) is 0 Å². The Hall–Kier alpha value is -2.54. The fourth-order valence-electron chi connectivity index (χ4n) is 2.50. The molecule has 1 aromatic heterocycles. The van der Waals surface area contributed by atoms with Crippen molar-refractivity contribution in [2.45, 2.75) is 18.9 Å². The maximum absolute atomic E-state index is 12.8. The molecule has 2 aromatic rings. The standard InChI is InChI=1S/C15H18N4O3/c1-16-13-9-14(20)19(15(21)18(13)11-6-7-11)12-5-3-4-10(8-12)17-22-2/h3-5,8-9,11,16-17H,6-7H2,1-2H3. The normalized spacial score (nSPS) is 13.9. The van der Waals surface area contributed by atoms with Crippen molar-refractivity contribution in [1.29, 1.82) is 0 Å². The predicted octanol–water partition coefficient (Wildman–Crippen LogP) is 1.35. The average Bonchev–Trinajstić information content (AvgIpc) is 3.32. The van der Waals surface area contributed by atoms with E-state index in [-0.39, 0.29) is 17.3 Å². The molecule has 116 valence electrons. The first-order chi connectivity index (χ1) is 10.7. The first kappa shape index (κ1) is 14.4. The second-order valence-corrected chi connectivity index (χ2v) is 5.19. The minimum absolute atomic E-state index is 0.169. The van der Waals surface area contributed by atoms with Crippen molar-refractivity contribution in [2.75, 3.05) is 25.0 Å². The number of hydrogen-bond acceptors (Lipinski definition) is 5. The maximum Gasteiger partial charge on any atom is 0.337 e. The Morgan fingerprint density at radius 2 is 2.00 bits per heavy atom. The van der Waals surface area contributed by atoms with Gasteiger partial charge >= 0.3 is 5.69 Å². The van der Waals surface area contributed by atoms with Crippen LogP contribution < -0.4 is 22.0 Å². The highest BCUT2D eigenvalue weighted by Crippen LogP contribution is 2.35. The summed E-state index contributed by atoms with van der Waals surface area (Å²) in [4.78, 5) is 30.0. The van der Waals surface area contributed by atoms with E-state index in [1.807, 2.05) is 0 Å². The fraction of sp³-hybridized carbons (Fsp3) is 0.333. The molecule has 0 spiro atoms. The molecule has 1 aliphatic carbocycles. The topological polar surface area (TPSA) is 77.3 Å². The molecule has 7 nitrogen and oxygen atoms in total. The van der Waals surface area contributed by atoms with Crippen LogP contribution in [-0.2, 0) is 4.84 Å². The van der Waals surface area contributed by atoms with E-state index in [0.717, 1.165) is 12.8 Å². The van der Waals surface area contributed by atoms with Crippen LogP contribution in [0.15, 0.2) is 39.9 Å². The number of benzene rings is 1. The van der Waals surface area contributed by atoms with E-state index < -0.39 is 0 Å². The van der Waals surface area contributed by atoms with Crippen LogP contribution in [0.2, 0.25) is 0 Å². The Morgan fingerprint density at radius 1 is 1.23 bits per heavy atom. The lowest BCUT2D eigenvalue weighted by molar-refractivity contribution is 0.271. The molecule has 1 aromatic carbocycles. The second kappa shape index (κ2) is 5.69. The minimum atomic E-state index is -0.360. The van der Waals surface area contributed by atoms with Gasteiger partial charge in [0.05, 0.1) is 18.5 Å². The molecule has 0 amide bonds. The van der Waals surface area contributed by atoms with Gasteiger partial charge in [0, 0.05) is 19.2 Å². The van der Waals surface area contributed by atoms with Gasteiger partial charge in [-0.1, -0.05) is 6.07 Å². The molecule has 0 unspecified atom stereocenters. The Bertz CT molecular complexity index is 805. The summed E-state index contributed by atoms with van der Waals surface area (Å²) < 4.78 is 2.83. The summed E-state index contributed by atoms with van der Waals surface area (Å²) >= 11 is 0. The van der Waals surface area contributed by atoms with Crippen molar-refractivity contribution in [3.05, 3.63) is 51.2 Å². The molecule has 1 aliphatic rings. The number of rotatable bonds is 5. The monoisotopic (exact) mass is 302 g/mol. The molecule has 0 bridgehead atoms. The number of anilines is 2. The van der Waals surface area contributed by atoms with Gasteiger partial charge in [-0.3, -0.25) is 19.7 Å². The van der Waals surface area contributed by atoms with Crippen LogP contribution in [0.5, 0.6) is 0 Å². The Kier molecular flexibility index (Phi) is 3.72. The van der Waals surface area contributed by atoms with E-state index in [0.29, 0.717) is 17.2 Å². The SMILES string of the molecule is CNc1cc(=O)n(-c2cccc(NOC)c2)c(=O)n1C1CC1. The molecule has 1 heterocycles. The zero-order valence-corrected chi connectivity index (χ0v) is 12.5. The summed E-state index contributed by atoms with van der Waals surface area (Å²) in [6.07, 6.45) is 1.91. The molecule has 0 atom stereocenters. The van der Waals surface area contributed by atoms with Crippen LogP contribution >= 0.6 is 0 Å². The summed E-state index contributed by atoms with van der Waals surface area (Å²) in [5.74, 6) is 0.555. The van der Waals surface area contributed by atoms with Crippen LogP contribution in [0.1, 0.15) is 18.9 Å². The Labute approximate surface area is 127 Å². The molecule has 3 rings (SSSR count). The summed E-state index contributed by atoms with van der Waals surface area (Å²) in [6, 6.07) is 8.59. The second-order valence-electron chi connectivity index (χ2n) is 5.19. The Morgan fingerprint density at radius 3 is 2.64 bits per heavy atom. The quantitative estimate of drug-likeness (QED) is 0.815. The van der Waals surface area contributed by atoms with Crippen LogP contribution in [0.25, 0.3) is 5.69 Å². The van der Waals surface area contributed by atoms with E-state index in [1.54, 1.807) is 35.9 Å². The van der Waals surface area contributed by atoms with Gasteiger partial charge in [-0.05, 0) is 31.0 Å². The lowest BCUT2D eigenvalue weighted by Crippen LogP contribution is -2.39. The summed E-state index contributed by atoms with van der Waals surface area (Å²) in [5, 5.41) is 2.93. The highest BCUT2D eigenvalue weighted by Gasteiger charge is 2.28. The van der Waals surface area contributed by atoms with Crippen LogP contribution in [0, 0.1) is 0 Å². The highest BCUT2D eigenvalue weighted by atomic mass is 16.6. The molecular weight excluding hydrogens is 284 g/mol. The average molecular weight is 302 g/mol. The number of aromatic nitrogens is 2. The lowest BCUT2D eigenvalue weighted by atomic mass is 10.3. The van der Waals surface area contributed by atoms with Gasteiger partial charge < -0.3 is 5.32 Å². The third kappa shape index (κ3) is 2.50. The van der Waals surface area contributed by atoms with Gasteiger partial charge in [-0.15, -0.1) is 0 Å². The van der Waals surface area contributed by atoms with Crippen LogP contribution in [0.4, 0.5) is 11.5 Å². The molecule has 22 heavy (non-hydrogen) atoms. The molecule has 0 saturated heterocycles. The summed E-state index contributed by atoms with van der Waals surface area (Å²) in [5.41, 5.74) is 3.18. The first-order valence-corrected chi connectivity index (χ1v) is 7.11. The molecular formula is C15H18N4O3. The number of hydrogen-bond donors (Lipinski definition) is 2. The van der Waals surface area contributed by atoms with Crippen molar-refractivity contribution in [2.24, 2.45) is 0 Å². The Balaban J connectivity index is 2.19. The van der Waals surface area contributed by atoms with Gasteiger partial charge in [-0.25, -0.2) is 9.36 Å². The van der Waals surface area contributed by atoms with Gasteiger partial charge in [0.1, 0.15) is 5.82 Å². The molecule has 1 fully saturated rings. The van der Waals surface area contributed by atoms with E-state index in [9.17, 15) is 9.59 Å². The van der Waals surface area contributed by atoms with Crippen molar-refractivity contribution in [1.82, 2.24) is 9.13 Å². The van der Waals surface area contributed by atoms with E-state index >= 15 is 0 Å². The number of nitrogens with zero attached hydrogens (tertiary/aromatic N) is 2. The zero-order valence-electron chi connectivity index (χ0n) is 12.5.